The van der Waals surface area contributed by atoms with Gasteiger partial charge in [0.1, 0.15) is 21.7 Å². The van der Waals surface area contributed by atoms with Gasteiger partial charge in [-0.3, -0.25) is 4.79 Å². The molecule has 1 amide bonds. The number of nitrogens with zero attached hydrogens (tertiary/aromatic N) is 2. The lowest BCUT2D eigenvalue weighted by Gasteiger charge is -2.21. The van der Waals surface area contributed by atoms with Gasteiger partial charge in [0, 0.05) is 12.1 Å². The average Bonchev–Trinajstić information content (AvgIpc) is 3.23. The third kappa shape index (κ3) is 3.02. The zero-order valence-electron chi connectivity index (χ0n) is 13.3. The smallest absolute Gasteiger partial charge is 0.266 e. The fourth-order valence-electron chi connectivity index (χ4n) is 2.89. The van der Waals surface area contributed by atoms with Crippen LogP contribution in [0.2, 0.25) is 0 Å². The molecule has 0 N–H and O–H groups in total. The van der Waals surface area contributed by atoms with Crippen LogP contribution in [-0.4, -0.2) is 41.7 Å². The Bertz CT molecular complexity index is 742. The minimum Gasteiger partial charge on any atom is -0.489 e. The number of ether oxygens (including phenoxy) is 3. The molecule has 2 aliphatic rings. The Labute approximate surface area is 144 Å². The van der Waals surface area contributed by atoms with Gasteiger partial charge in [0.25, 0.3) is 5.91 Å². The number of hydrogen-bond donors (Lipinski definition) is 0. The van der Waals surface area contributed by atoms with Crippen molar-refractivity contribution in [2.75, 3.05) is 19.8 Å². The van der Waals surface area contributed by atoms with Crippen molar-refractivity contribution >= 4 is 17.2 Å². The summed E-state index contributed by atoms with van der Waals surface area (Å²) in [5.74, 6) is 0.807. The maximum atomic E-state index is 12.9. The van der Waals surface area contributed by atoms with Crippen LogP contribution in [0, 0.1) is 0 Å². The topological polar surface area (TPSA) is 60.9 Å². The zero-order valence-corrected chi connectivity index (χ0v) is 14.1. The lowest BCUT2D eigenvalue weighted by molar-refractivity contribution is -0.0442. The predicted octanol–water partition coefficient (Wildman–Crippen LogP) is 2.61. The number of carbonyl (C=O) groups excluding carboxylic acids is 1. The Morgan fingerprint density at radius 1 is 1.29 bits per heavy atom. The molecule has 2 aromatic rings. The molecule has 0 radical (unpaired) electrons. The maximum Gasteiger partial charge on any atom is 0.266 e. The monoisotopic (exact) mass is 346 g/mol. The Morgan fingerprint density at radius 3 is 2.92 bits per heavy atom. The molecule has 0 aliphatic carbocycles. The normalized spacial score (nSPS) is 21.2. The van der Waals surface area contributed by atoms with Crippen LogP contribution in [0.25, 0.3) is 0 Å². The highest BCUT2D eigenvalue weighted by Crippen LogP contribution is 2.30. The lowest BCUT2D eigenvalue weighted by atomic mass is 10.2. The number of thiazole rings is 1. The van der Waals surface area contributed by atoms with Crippen molar-refractivity contribution < 1.29 is 19.0 Å². The summed E-state index contributed by atoms with van der Waals surface area (Å²) in [7, 11) is 0. The van der Waals surface area contributed by atoms with Crippen molar-refractivity contribution in [1.29, 1.82) is 0 Å². The fraction of sp³-hybridized carbons (Fsp3) is 0.412. The van der Waals surface area contributed by atoms with Crippen LogP contribution in [-0.2, 0) is 16.0 Å². The summed E-state index contributed by atoms with van der Waals surface area (Å²) in [5, 5.41) is 0.690. The molecule has 126 valence electrons. The molecule has 1 saturated heterocycles. The molecular formula is C17H18N2O4S. The number of rotatable bonds is 2. The Hall–Kier alpha value is -1.96. The van der Waals surface area contributed by atoms with Crippen LogP contribution in [0.15, 0.2) is 30.5 Å². The molecule has 1 atom stereocenters. The van der Waals surface area contributed by atoms with E-state index in [9.17, 15) is 4.79 Å². The van der Waals surface area contributed by atoms with Crippen molar-refractivity contribution in [3.8, 4) is 5.75 Å². The fourth-order valence-corrected chi connectivity index (χ4v) is 3.78. The molecule has 3 heterocycles. The summed E-state index contributed by atoms with van der Waals surface area (Å²) in [6, 6.07) is 7.84. The van der Waals surface area contributed by atoms with Gasteiger partial charge in [0.05, 0.1) is 26.0 Å². The van der Waals surface area contributed by atoms with Gasteiger partial charge in [-0.05, 0) is 13.0 Å². The molecule has 0 unspecified atom stereocenters. The summed E-state index contributed by atoms with van der Waals surface area (Å²) in [6.07, 6.45) is 1.10. The molecule has 0 spiro atoms. The van der Waals surface area contributed by atoms with Crippen LogP contribution in [0.5, 0.6) is 5.75 Å². The minimum absolute atomic E-state index is 0.0381. The quantitative estimate of drug-likeness (QED) is 0.836. The molecule has 1 fully saturated rings. The SMILES string of the molecule is C[C@@H]1CN(C(=O)c2cnc(C3OCCO3)s2)Cc2ccccc2O1. The van der Waals surface area contributed by atoms with Crippen molar-refractivity contribution in [1.82, 2.24) is 9.88 Å². The summed E-state index contributed by atoms with van der Waals surface area (Å²) in [5.41, 5.74) is 1.02. The maximum absolute atomic E-state index is 12.9. The van der Waals surface area contributed by atoms with Gasteiger partial charge in [0.2, 0.25) is 6.29 Å². The van der Waals surface area contributed by atoms with Crippen LogP contribution < -0.4 is 4.74 Å². The van der Waals surface area contributed by atoms with Crippen LogP contribution in [0.4, 0.5) is 0 Å². The van der Waals surface area contributed by atoms with Crippen molar-refractivity contribution in [3.63, 3.8) is 0 Å². The van der Waals surface area contributed by atoms with Crippen LogP contribution in [0.1, 0.15) is 33.5 Å². The van der Waals surface area contributed by atoms with E-state index < -0.39 is 6.29 Å². The van der Waals surface area contributed by atoms with Gasteiger partial charge in [-0.2, -0.15) is 0 Å². The summed E-state index contributed by atoms with van der Waals surface area (Å²) < 4.78 is 16.8. The number of para-hydroxylation sites is 1. The molecular weight excluding hydrogens is 328 g/mol. The Morgan fingerprint density at radius 2 is 2.08 bits per heavy atom. The number of fused-ring (bicyclic) bond motifs is 1. The number of amides is 1. The van der Waals surface area contributed by atoms with E-state index in [1.54, 1.807) is 6.20 Å². The Balaban J connectivity index is 1.55. The molecule has 6 nitrogen and oxygen atoms in total. The van der Waals surface area contributed by atoms with Gasteiger partial charge in [-0.25, -0.2) is 4.98 Å². The van der Waals surface area contributed by atoms with E-state index in [0.717, 1.165) is 11.3 Å². The molecule has 0 saturated carbocycles. The van der Waals surface area contributed by atoms with Crippen LogP contribution in [0.3, 0.4) is 0 Å². The zero-order chi connectivity index (χ0) is 16.5. The highest BCUT2D eigenvalue weighted by molar-refractivity contribution is 7.13. The van der Waals surface area contributed by atoms with E-state index in [1.165, 1.54) is 11.3 Å². The van der Waals surface area contributed by atoms with E-state index in [-0.39, 0.29) is 12.0 Å². The summed E-state index contributed by atoms with van der Waals surface area (Å²) in [4.78, 5) is 19.6. The van der Waals surface area contributed by atoms with E-state index in [4.69, 9.17) is 14.2 Å². The second-order valence-corrected chi connectivity index (χ2v) is 6.92. The van der Waals surface area contributed by atoms with Gasteiger partial charge >= 0.3 is 0 Å². The Kier molecular flexibility index (Phi) is 4.22. The standard InChI is InChI=1S/C17H18N2O4S/c1-11-9-19(10-12-4-2-3-5-13(12)23-11)16(20)14-8-18-15(24-14)17-21-6-7-22-17/h2-5,8,11,17H,6-7,9-10H2,1H3/t11-/m1/s1. The average molecular weight is 346 g/mol. The molecule has 2 aliphatic heterocycles. The third-order valence-corrected chi connectivity index (χ3v) is 4.99. The van der Waals surface area contributed by atoms with Crippen molar-refractivity contribution in [3.05, 3.63) is 45.9 Å². The predicted molar refractivity (Wildman–Crippen MR) is 88.0 cm³/mol. The first kappa shape index (κ1) is 15.6. The highest BCUT2D eigenvalue weighted by Gasteiger charge is 2.28. The number of aromatic nitrogens is 1. The van der Waals surface area contributed by atoms with Gasteiger partial charge in [-0.1, -0.05) is 18.2 Å². The molecule has 24 heavy (non-hydrogen) atoms. The number of benzene rings is 1. The molecule has 1 aromatic heterocycles. The van der Waals surface area contributed by atoms with E-state index in [0.29, 0.717) is 36.2 Å². The largest absolute Gasteiger partial charge is 0.489 e. The van der Waals surface area contributed by atoms with E-state index in [1.807, 2.05) is 36.1 Å². The molecule has 7 heteroatoms. The van der Waals surface area contributed by atoms with E-state index >= 15 is 0 Å². The first-order valence-electron chi connectivity index (χ1n) is 7.93. The van der Waals surface area contributed by atoms with Crippen molar-refractivity contribution in [2.45, 2.75) is 25.9 Å². The lowest BCUT2D eigenvalue weighted by Crippen LogP contribution is -2.35. The van der Waals surface area contributed by atoms with Crippen LogP contribution >= 0.6 is 11.3 Å². The number of carbonyl (C=O) groups is 1. The second-order valence-electron chi connectivity index (χ2n) is 5.86. The van der Waals surface area contributed by atoms with Gasteiger partial charge < -0.3 is 19.1 Å². The summed E-state index contributed by atoms with van der Waals surface area (Å²) >= 11 is 1.33. The summed E-state index contributed by atoms with van der Waals surface area (Å²) in [6.45, 7) is 4.16. The third-order valence-electron chi connectivity index (χ3n) is 3.98. The minimum atomic E-state index is -0.441. The molecule has 1 aromatic carbocycles. The first-order chi connectivity index (χ1) is 11.7. The van der Waals surface area contributed by atoms with Crippen molar-refractivity contribution in [2.24, 2.45) is 0 Å². The molecule has 4 rings (SSSR count). The highest BCUT2D eigenvalue weighted by atomic mass is 32.1. The molecule has 0 bridgehead atoms. The van der Waals surface area contributed by atoms with Gasteiger partial charge in [-0.15, -0.1) is 11.3 Å². The second kappa shape index (κ2) is 6.51. The number of hydrogen-bond acceptors (Lipinski definition) is 6. The van der Waals surface area contributed by atoms with Gasteiger partial charge in [0.15, 0.2) is 0 Å². The first-order valence-corrected chi connectivity index (χ1v) is 8.75. The van der Waals surface area contributed by atoms with E-state index in [2.05, 4.69) is 4.98 Å².